The molecule has 0 aliphatic rings. The number of nitrogens with zero attached hydrogens (tertiary/aromatic N) is 3. The van der Waals surface area contributed by atoms with Gasteiger partial charge in [0.1, 0.15) is 6.10 Å². The number of imidazole rings is 1. The molecule has 3 aromatic rings. The first-order chi connectivity index (χ1) is 11.6. The number of rotatable bonds is 5. The van der Waals surface area contributed by atoms with E-state index in [1.807, 2.05) is 19.4 Å². The van der Waals surface area contributed by atoms with E-state index in [0.717, 1.165) is 6.54 Å². The molecular formula is C17H19N3O4. The van der Waals surface area contributed by atoms with Crippen molar-refractivity contribution in [3.05, 3.63) is 76.9 Å². The summed E-state index contributed by atoms with van der Waals surface area (Å²) in [6.45, 7) is 3.51. The Labute approximate surface area is 139 Å². The molecule has 1 heterocycles. The van der Waals surface area contributed by atoms with Gasteiger partial charge in [-0.3, -0.25) is 0 Å². The molecule has 24 heavy (non-hydrogen) atoms. The molecule has 2 aromatic carbocycles. The van der Waals surface area contributed by atoms with Crippen LogP contribution in [0.4, 0.5) is 0 Å². The monoisotopic (exact) mass is 329 g/mol. The lowest BCUT2D eigenvalue weighted by Crippen LogP contribution is -2.11. The largest absolute Gasteiger partial charge is 0.372 e. The van der Waals surface area contributed by atoms with Crippen LogP contribution in [-0.2, 0) is 11.3 Å². The van der Waals surface area contributed by atoms with Crippen LogP contribution in [0, 0.1) is 10.1 Å². The summed E-state index contributed by atoms with van der Waals surface area (Å²) in [5, 5.41) is 16.1. The molecule has 1 aromatic heterocycles. The predicted octanol–water partition coefficient (Wildman–Crippen LogP) is 3.47. The summed E-state index contributed by atoms with van der Waals surface area (Å²) in [5.74, 6) is 0. The second kappa shape index (κ2) is 8.64. The first-order valence-corrected chi connectivity index (χ1v) is 7.49. The third-order valence-electron chi connectivity index (χ3n) is 3.45. The van der Waals surface area contributed by atoms with Crippen LogP contribution < -0.4 is 0 Å². The van der Waals surface area contributed by atoms with Gasteiger partial charge in [-0.05, 0) is 29.3 Å². The molecule has 0 spiro atoms. The highest BCUT2D eigenvalue weighted by Crippen LogP contribution is 2.24. The quantitative estimate of drug-likeness (QED) is 0.572. The number of aromatic nitrogens is 2. The second-order valence-corrected chi connectivity index (χ2v) is 5.05. The lowest BCUT2D eigenvalue weighted by Gasteiger charge is -2.18. The first kappa shape index (κ1) is 17.4. The molecule has 1 atom stereocenters. The molecule has 0 bridgehead atoms. The van der Waals surface area contributed by atoms with Crippen LogP contribution in [0.2, 0.25) is 0 Å². The molecule has 1 unspecified atom stereocenters. The number of fused-ring (bicyclic) bond motifs is 1. The fraction of sp³-hybridized carbons (Fsp3) is 0.235. The molecule has 0 aliphatic heterocycles. The van der Waals surface area contributed by atoms with Gasteiger partial charge in [-0.15, -0.1) is 10.1 Å². The summed E-state index contributed by atoms with van der Waals surface area (Å²) in [4.78, 5) is 12.4. The van der Waals surface area contributed by atoms with Gasteiger partial charge >= 0.3 is 0 Å². The summed E-state index contributed by atoms with van der Waals surface area (Å²) < 4.78 is 7.95. The minimum Gasteiger partial charge on any atom is -0.372 e. The molecule has 0 saturated carbocycles. The van der Waals surface area contributed by atoms with E-state index in [1.165, 1.54) is 16.3 Å². The van der Waals surface area contributed by atoms with Gasteiger partial charge in [0.2, 0.25) is 0 Å². The number of benzene rings is 2. The van der Waals surface area contributed by atoms with Gasteiger partial charge in [-0.1, -0.05) is 36.4 Å². The third-order valence-corrected chi connectivity index (χ3v) is 3.45. The summed E-state index contributed by atoms with van der Waals surface area (Å²) in [6, 6.07) is 14.9. The van der Waals surface area contributed by atoms with Gasteiger partial charge < -0.3 is 14.5 Å². The van der Waals surface area contributed by atoms with Crippen LogP contribution in [0.25, 0.3) is 10.8 Å². The maximum Gasteiger partial charge on any atom is 0.291 e. The Morgan fingerprint density at radius 1 is 1.29 bits per heavy atom. The van der Waals surface area contributed by atoms with Crippen molar-refractivity contribution in [1.82, 2.24) is 9.55 Å². The van der Waals surface area contributed by atoms with Crippen LogP contribution in [0.3, 0.4) is 0 Å². The molecule has 3 rings (SSSR count). The maximum atomic E-state index is 8.36. The summed E-state index contributed by atoms with van der Waals surface area (Å²) in [6.07, 6.45) is 5.64. The van der Waals surface area contributed by atoms with Crippen molar-refractivity contribution in [2.75, 3.05) is 6.61 Å². The van der Waals surface area contributed by atoms with Crippen LogP contribution in [0.1, 0.15) is 18.6 Å². The topological polar surface area (TPSA) is 90.4 Å². The predicted molar refractivity (Wildman–Crippen MR) is 89.3 cm³/mol. The van der Waals surface area contributed by atoms with Crippen molar-refractivity contribution in [2.24, 2.45) is 0 Å². The molecule has 126 valence electrons. The van der Waals surface area contributed by atoms with E-state index < -0.39 is 5.09 Å². The molecular weight excluding hydrogens is 310 g/mol. The molecule has 0 aliphatic carbocycles. The lowest BCUT2D eigenvalue weighted by molar-refractivity contribution is -0.742. The molecule has 1 N–H and O–H groups in total. The van der Waals surface area contributed by atoms with Gasteiger partial charge in [0, 0.05) is 19.0 Å². The molecule has 7 heteroatoms. The average molecular weight is 329 g/mol. The van der Waals surface area contributed by atoms with Crippen molar-refractivity contribution in [1.29, 1.82) is 0 Å². The zero-order valence-electron chi connectivity index (χ0n) is 13.3. The zero-order chi connectivity index (χ0) is 17.4. The van der Waals surface area contributed by atoms with Crippen molar-refractivity contribution >= 4 is 10.8 Å². The fourth-order valence-corrected chi connectivity index (χ4v) is 2.45. The number of hydrogen-bond acceptors (Lipinski definition) is 4. The van der Waals surface area contributed by atoms with Crippen LogP contribution in [0.15, 0.2) is 61.2 Å². The van der Waals surface area contributed by atoms with Gasteiger partial charge in [0.15, 0.2) is 0 Å². The Kier molecular flexibility index (Phi) is 6.27. The number of hydrogen-bond donors (Lipinski definition) is 1. The highest BCUT2D eigenvalue weighted by atomic mass is 16.9. The first-order valence-electron chi connectivity index (χ1n) is 7.49. The second-order valence-electron chi connectivity index (χ2n) is 5.05. The highest BCUT2D eigenvalue weighted by molar-refractivity contribution is 5.83. The van der Waals surface area contributed by atoms with E-state index in [0.29, 0.717) is 6.61 Å². The van der Waals surface area contributed by atoms with E-state index in [-0.39, 0.29) is 6.10 Å². The molecule has 0 amide bonds. The standard InChI is InChI=1S/C17H18N2O.HNO3/c1-2-20-17(12-19-10-9-18-13-19)16-8-7-14-5-3-4-6-15(14)11-16;2-1(3)4/h3-11,13,17H,2,12H2,1H3;(H,2,3,4). The highest BCUT2D eigenvalue weighted by Gasteiger charge is 2.12. The van der Waals surface area contributed by atoms with Gasteiger partial charge in [0.25, 0.3) is 5.09 Å². The summed E-state index contributed by atoms with van der Waals surface area (Å²) in [7, 11) is 0. The van der Waals surface area contributed by atoms with Crippen LogP contribution in [-0.4, -0.2) is 26.5 Å². The molecule has 0 radical (unpaired) electrons. The Bertz CT molecular complexity index is 770. The Morgan fingerprint density at radius 2 is 2.00 bits per heavy atom. The molecule has 0 saturated heterocycles. The third kappa shape index (κ3) is 5.06. The summed E-state index contributed by atoms with van der Waals surface area (Å²) in [5.41, 5.74) is 1.21. The molecule has 0 fully saturated rings. The maximum absolute atomic E-state index is 8.36. The van der Waals surface area contributed by atoms with Crippen molar-refractivity contribution in [3.63, 3.8) is 0 Å². The normalized spacial score (nSPS) is 11.5. The van der Waals surface area contributed by atoms with Gasteiger partial charge in [-0.25, -0.2) is 4.98 Å². The van der Waals surface area contributed by atoms with E-state index in [2.05, 4.69) is 52.0 Å². The van der Waals surface area contributed by atoms with Gasteiger partial charge in [-0.2, -0.15) is 0 Å². The average Bonchev–Trinajstić information content (AvgIpc) is 3.06. The Hall–Kier alpha value is -2.93. The molecule has 7 nitrogen and oxygen atoms in total. The van der Waals surface area contributed by atoms with Gasteiger partial charge in [0.05, 0.1) is 12.9 Å². The number of ether oxygens (including phenoxy) is 1. The van der Waals surface area contributed by atoms with Crippen molar-refractivity contribution in [2.45, 2.75) is 19.6 Å². The van der Waals surface area contributed by atoms with E-state index in [9.17, 15) is 0 Å². The van der Waals surface area contributed by atoms with E-state index in [4.69, 9.17) is 20.1 Å². The fourth-order valence-electron chi connectivity index (χ4n) is 2.45. The van der Waals surface area contributed by atoms with Crippen LogP contribution in [0.5, 0.6) is 0 Å². The summed E-state index contributed by atoms with van der Waals surface area (Å²) >= 11 is 0. The lowest BCUT2D eigenvalue weighted by atomic mass is 10.0. The van der Waals surface area contributed by atoms with E-state index >= 15 is 0 Å². The van der Waals surface area contributed by atoms with Crippen LogP contribution >= 0.6 is 0 Å². The Balaban J connectivity index is 0.000000471. The minimum atomic E-state index is -1.50. The minimum absolute atomic E-state index is 0.0545. The van der Waals surface area contributed by atoms with E-state index in [1.54, 1.807) is 6.20 Å². The van der Waals surface area contributed by atoms with Crippen molar-refractivity contribution < 1.29 is 15.0 Å². The van der Waals surface area contributed by atoms with Crippen molar-refractivity contribution in [3.8, 4) is 0 Å². The smallest absolute Gasteiger partial charge is 0.291 e. The SMILES string of the molecule is CCOC(Cn1ccnc1)c1ccc2ccccc2c1.O=[N+]([O-])O. The Morgan fingerprint density at radius 3 is 2.62 bits per heavy atom. The zero-order valence-corrected chi connectivity index (χ0v) is 13.3.